The average Bonchev–Trinajstić information content (AvgIpc) is 2.38. The maximum absolute atomic E-state index is 12.3. The van der Waals surface area contributed by atoms with Gasteiger partial charge in [-0.25, -0.2) is 0 Å². The second kappa shape index (κ2) is 6.06. The monoisotopic (exact) mass is 261 g/mol. The second-order valence-electron chi connectivity index (χ2n) is 5.61. The number of carbonyl (C=O) groups excluding carboxylic acids is 1. The molecule has 4 nitrogen and oxygen atoms in total. The third-order valence-corrected chi connectivity index (χ3v) is 3.42. The van der Waals surface area contributed by atoms with Crippen LogP contribution < -0.4 is 5.73 Å². The molecule has 1 aromatic rings. The van der Waals surface area contributed by atoms with E-state index >= 15 is 0 Å². The Balaban J connectivity index is 1.92. The van der Waals surface area contributed by atoms with Gasteiger partial charge in [0.1, 0.15) is 0 Å². The van der Waals surface area contributed by atoms with Crippen molar-refractivity contribution in [1.82, 2.24) is 9.80 Å². The van der Waals surface area contributed by atoms with Gasteiger partial charge in [0.25, 0.3) is 5.91 Å². The SMILES string of the molecule is CC(C)CN1CCN(C(=O)c2cccc(N)c2)CC1. The van der Waals surface area contributed by atoms with Crippen molar-refractivity contribution in [3.05, 3.63) is 29.8 Å². The molecule has 1 aliphatic heterocycles. The van der Waals surface area contributed by atoms with E-state index in [2.05, 4.69) is 18.7 Å². The standard InChI is InChI=1S/C15H23N3O/c1-12(2)11-17-6-8-18(9-7-17)15(19)13-4-3-5-14(16)10-13/h3-5,10,12H,6-9,11,16H2,1-2H3. The van der Waals surface area contributed by atoms with Crippen LogP contribution in [0.25, 0.3) is 0 Å². The normalized spacial score (nSPS) is 16.9. The Morgan fingerprint density at radius 1 is 1.26 bits per heavy atom. The quantitative estimate of drug-likeness (QED) is 0.842. The fraction of sp³-hybridized carbons (Fsp3) is 0.533. The number of piperazine rings is 1. The van der Waals surface area contributed by atoms with Crippen LogP contribution in [-0.4, -0.2) is 48.4 Å². The van der Waals surface area contributed by atoms with Crippen LogP contribution in [0.5, 0.6) is 0 Å². The van der Waals surface area contributed by atoms with Crippen LogP contribution >= 0.6 is 0 Å². The van der Waals surface area contributed by atoms with Gasteiger partial charge in [0.05, 0.1) is 0 Å². The number of rotatable bonds is 3. The molecule has 1 heterocycles. The van der Waals surface area contributed by atoms with Crippen molar-refractivity contribution in [3.63, 3.8) is 0 Å². The molecule has 104 valence electrons. The summed E-state index contributed by atoms with van der Waals surface area (Å²) in [6.45, 7) is 9.11. The molecular formula is C15H23N3O. The first-order valence-electron chi connectivity index (χ1n) is 6.93. The third-order valence-electron chi connectivity index (χ3n) is 3.42. The highest BCUT2D eigenvalue weighted by molar-refractivity contribution is 5.95. The summed E-state index contributed by atoms with van der Waals surface area (Å²) in [4.78, 5) is 16.7. The fourth-order valence-electron chi connectivity index (χ4n) is 2.50. The van der Waals surface area contributed by atoms with Gasteiger partial charge in [0.2, 0.25) is 0 Å². The molecule has 0 bridgehead atoms. The van der Waals surface area contributed by atoms with Crippen molar-refractivity contribution in [2.24, 2.45) is 5.92 Å². The van der Waals surface area contributed by atoms with Crippen molar-refractivity contribution >= 4 is 11.6 Å². The third kappa shape index (κ3) is 3.70. The van der Waals surface area contributed by atoms with Gasteiger partial charge in [0.15, 0.2) is 0 Å². The molecule has 2 N–H and O–H groups in total. The molecule has 0 aromatic heterocycles. The number of nitrogen functional groups attached to an aromatic ring is 1. The van der Waals surface area contributed by atoms with E-state index < -0.39 is 0 Å². The summed E-state index contributed by atoms with van der Waals surface area (Å²) in [6, 6.07) is 7.22. The maximum Gasteiger partial charge on any atom is 0.254 e. The first-order chi connectivity index (χ1) is 9.06. The Bertz CT molecular complexity index is 437. The number of hydrogen-bond donors (Lipinski definition) is 1. The van der Waals surface area contributed by atoms with Crippen molar-refractivity contribution < 1.29 is 4.79 Å². The maximum atomic E-state index is 12.3. The van der Waals surface area contributed by atoms with Crippen LogP contribution in [0.3, 0.4) is 0 Å². The zero-order valence-corrected chi connectivity index (χ0v) is 11.8. The second-order valence-corrected chi connectivity index (χ2v) is 5.61. The molecule has 1 fully saturated rings. The number of nitrogens with two attached hydrogens (primary N) is 1. The van der Waals surface area contributed by atoms with E-state index in [0.717, 1.165) is 32.7 Å². The molecule has 1 aromatic carbocycles. The molecule has 0 saturated carbocycles. The van der Waals surface area contributed by atoms with Gasteiger partial charge in [-0.2, -0.15) is 0 Å². The van der Waals surface area contributed by atoms with Crippen molar-refractivity contribution in [2.75, 3.05) is 38.5 Å². The lowest BCUT2D eigenvalue weighted by molar-refractivity contribution is 0.0624. The van der Waals surface area contributed by atoms with E-state index in [0.29, 0.717) is 17.2 Å². The summed E-state index contributed by atoms with van der Waals surface area (Å²) in [6.07, 6.45) is 0. The predicted molar refractivity (Wildman–Crippen MR) is 78.0 cm³/mol. The van der Waals surface area contributed by atoms with Gasteiger partial charge in [-0.15, -0.1) is 0 Å². The van der Waals surface area contributed by atoms with Crippen molar-refractivity contribution in [3.8, 4) is 0 Å². The van der Waals surface area contributed by atoms with E-state index in [1.165, 1.54) is 0 Å². The number of hydrogen-bond acceptors (Lipinski definition) is 3. The number of nitrogens with zero attached hydrogens (tertiary/aromatic N) is 2. The Morgan fingerprint density at radius 3 is 2.53 bits per heavy atom. The lowest BCUT2D eigenvalue weighted by Gasteiger charge is -2.35. The number of amides is 1. The summed E-state index contributed by atoms with van der Waals surface area (Å²) in [5.41, 5.74) is 7.06. The van der Waals surface area contributed by atoms with E-state index in [4.69, 9.17) is 5.73 Å². The molecule has 19 heavy (non-hydrogen) atoms. The highest BCUT2D eigenvalue weighted by Gasteiger charge is 2.22. The molecule has 1 saturated heterocycles. The Hall–Kier alpha value is -1.55. The lowest BCUT2D eigenvalue weighted by Crippen LogP contribution is -2.49. The molecule has 4 heteroatoms. The zero-order valence-electron chi connectivity index (χ0n) is 11.8. The van der Waals surface area contributed by atoms with Crippen LogP contribution in [0.2, 0.25) is 0 Å². The predicted octanol–water partition coefficient (Wildman–Crippen LogP) is 1.68. The minimum Gasteiger partial charge on any atom is -0.399 e. The van der Waals surface area contributed by atoms with Crippen molar-refractivity contribution in [2.45, 2.75) is 13.8 Å². The molecule has 1 aliphatic rings. The highest BCUT2D eigenvalue weighted by Crippen LogP contribution is 2.12. The van der Waals surface area contributed by atoms with E-state index in [9.17, 15) is 4.79 Å². The Labute approximate surface area is 115 Å². The smallest absolute Gasteiger partial charge is 0.254 e. The molecule has 2 rings (SSSR count). The first kappa shape index (κ1) is 13.9. The van der Waals surface area contributed by atoms with Gasteiger partial charge in [-0.3, -0.25) is 9.69 Å². The van der Waals surface area contributed by atoms with E-state index in [-0.39, 0.29) is 5.91 Å². The van der Waals surface area contributed by atoms with Gasteiger partial charge in [0, 0.05) is 44.0 Å². The van der Waals surface area contributed by atoms with Crippen LogP contribution in [0, 0.1) is 5.92 Å². The Kier molecular flexibility index (Phi) is 4.43. The first-order valence-corrected chi connectivity index (χ1v) is 6.93. The van der Waals surface area contributed by atoms with Gasteiger partial charge in [-0.05, 0) is 24.1 Å². The number of benzene rings is 1. The van der Waals surface area contributed by atoms with Crippen LogP contribution in [0.15, 0.2) is 24.3 Å². The van der Waals surface area contributed by atoms with Crippen LogP contribution in [0.1, 0.15) is 24.2 Å². The van der Waals surface area contributed by atoms with Crippen LogP contribution in [-0.2, 0) is 0 Å². The summed E-state index contributed by atoms with van der Waals surface area (Å²) in [7, 11) is 0. The van der Waals surface area contributed by atoms with Crippen molar-refractivity contribution in [1.29, 1.82) is 0 Å². The largest absolute Gasteiger partial charge is 0.399 e. The number of carbonyl (C=O) groups is 1. The molecule has 0 spiro atoms. The average molecular weight is 261 g/mol. The topological polar surface area (TPSA) is 49.6 Å². The van der Waals surface area contributed by atoms with Gasteiger partial charge in [-0.1, -0.05) is 19.9 Å². The lowest BCUT2D eigenvalue weighted by atomic mass is 10.1. The summed E-state index contributed by atoms with van der Waals surface area (Å²) >= 11 is 0. The molecule has 0 radical (unpaired) electrons. The van der Waals surface area contributed by atoms with E-state index in [1.54, 1.807) is 12.1 Å². The summed E-state index contributed by atoms with van der Waals surface area (Å²) < 4.78 is 0. The summed E-state index contributed by atoms with van der Waals surface area (Å²) in [5, 5.41) is 0. The Morgan fingerprint density at radius 2 is 1.95 bits per heavy atom. The highest BCUT2D eigenvalue weighted by atomic mass is 16.2. The molecule has 0 atom stereocenters. The molecule has 1 amide bonds. The van der Waals surface area contributed by atoms with E-state index in [1.807, 2.05) is 17.0 Å². The van der Waals surface area contributed by atoms with Crippen LogP contribution in [0.4, 0.5) is 5.69 Å². The fourth-order valence-corrected chi connectivity index (χ4v) is 2.50. The van der Waals surface area contributed by atoms with Gasteiger partial charge < -0.3 is 10.6 Å². The molecule has 0 aliphatic carbocycles. The minimum atomic E-state index is 0.0940. The number of anilines is 1. The minimum absolute atomic E-state index is 0.0940. The zero-order chi connectivity index (χ0) is 13.8. The molecule has 0 unspecified atom stereocenters. The van der Waals surface area contributed by atoms with Gasteiger partial charge >= 0.3 is 0 Å². The molecular weight excluding hydrogens is 238 g/mol. The summed E-state index contributed by atoms with van der Waals surface area (Å²) in [5.74, 6) is 0.771.